The summed E-state index contributed by atoms with van der Waals surface area (Å²) < 4.78 is 0. The van der Waals surface area contributed by atoms with Gasteiger partial charge in [0.1, 0.15) is 0 Å². The number of nitrogens with one attached hydrogen (secondary N) is 2. The van der Waals surface area contributed by atoms with Crippen LogP contribution in [0.3, 0.4) is 0 Å². The number of pyridine rings is 1. The van der Waals surface area contributed by atoms with Gasteiger partial charge in [0.25, 0.3) is 5.91 Å². The van der Waals surface area contributed by atoms with E-state index < -0.39 is 0 Å². The number of nitrogen functional groups attached to an aromatic ring is 1. The Morgan fingerprint density at radius 3 is 2.48 bits per heavy atom. The summed E-state index contributed by atoms with van der Waals surface area (Å²) in [4.78, 5) is 27.6. The minimum Gasteiger partial charge on any atom is -0.399 e. The molecule has 4 N–H and O–H groups in total. The molecular formula is C15H16N4O2. The molecule has 0 radical (unpaired) electrons. The molecule has 2 aromatic rings. The first kappa shape index (κ1) is 14.5. The highest BCUT2D eigenvalue weighted by Gasteiger charge is 2.08. The van der Waals surface area contributed by atoms with Crippen molar-refractivity contribution in [2.24, 2.45) is 0 Å². The molecule has 0 spiro atoms. The maximum absolute atomic E-state index is 11.8. The van der Waals surface area contributed by atoms with Crippen molar-refractivity contribution in [2.75, 3.05) is 17.6 Å². The van der Waals surface area contributed by atoms with E-state index in [1.165, 1.54) is 0 Å². The van der Waals surface area contributed by atoms with Crippen LogP contribution in [0.25, 0.3) is 0 Å². The van der Waals surface area contributed by atoms with Gasteiger partial charge < -0.3 is 16.4 Å². The van der Waals surface area contributed by atoms with Crippen LogP contribution in [0.5, 0.6) is 0 Å². The highest BCUT2D eigenvalue weighted by Crippen LogP contribution is 2.06. The SMILES string of the molecule is Cc1ccc(NC(=O)CNC(=O)c2ccc(N)cc2)cn1. The predicted molar refractivity (Wildman–Crippen MR) is 80.8 cm³/mol. The van der Waals surface area contributed by atoms with Crippen LogP contribution in [-0.2, 0) is 4.79 Å². The lowest BCUT2D eigenvalue weighted by Crippen LogP contribution is -2.32. The maximum atomic E-state index is 11.8. The van der Waals surface area contributed by atoms with E-state index in [0.29, 0.717) is 16.9 Å². The quantitative estimate of drug-likeness (QED) is 0.738. The standard InChI is InChI=1S/C15H16N4O2/c1-10-2-7-13(8-17-10)19-14(20)9-18-15(21)11-3-5-12(16)6-4-11/h2-8H,9,16H2,1H3,(H,18,21)(H,19,20). The summed E-state index contributed by atoms with van der Waals surface area (Å²) in [6.45, 7) is 1.75. The molecule has 0 aliphatic rings. The molecule has 2 amide bonds. The molecule has 0 aliphatic carbocycles. The average molecular weight is 284 g/mol. The lowest BCUT2D eigenvalue weighted by atomic mass is 10.2. The van der Waals surface area contributed by atoms with Crippen molar-refractivity contribution in [3.05, 3.63) is 53.9 Å². The molecule has 108 valence electrons. The van der Waals surface area contributed by atoms with Crippen LogP contribution >= 0.6 is 0 Å². The smallest absolute Gasteiger partial charge is 0.251 e. The topological polar surface area (TPSA) is 97.1 Å². The van der Waals surface area contributed by atoms with Crippen molar-refractivity contribution in [3.63, 3.8) is 0 Å². The van der Waals surface area contributed by atoms with Gasteiger partial charge in [0.2, 0.25) is 5.91 Å². The monoisotopic (exact) mass is 284 g/mol. The molecule has 1 aromatic heterocycles. The van der Waals surface area contributed by atoms with Crippen molar-refractivity contribution in [3.8, 4) is 0 Å². The number of amides is 2. The van der Waals surface area contributed by atoms with E-state index in [0.717, 1.165) is 5.69 Å². The lowest BCUT2D eigenvalue weighted by Gasteiger charge is -2.07. The zero-order chi connectivity index (χ0) is 15.2. The van der Waals surface area contributed by atoms with E-state index in [9.17, 15) is 9.59 Å². The Balaban J connectivity index is 1.84. The molecule has 0 aliphatic heterocycles. The normalized spacial score (nSPS) is 9.95. The van der Waals surface area contributed by atoms with Gasteiger partial charge >= 0.3 is 0 Å². The van der Waals surface area contributed by atoms with E-state index in [-0.39, 0.29) is 18.4 Å². The molecule has 6 nitrogen and oxygen atoms in total. The predicted octanol–water partition coefficient (Wildman–Crippen LogP) is 1.34. The number of hydrogen-bond acceptors (Lipinski definition) is 4. The van der Waals surface area contributed by atoms with E-state index in [1.807, 2.05) is 6.92 Å². The van der Waals surface area contributed by atoms with Gasteiger partial charge in [-0.2, -0.15) is 0 Å². The van der Waals surface area contributed by atoms with Gasteiger partial charge in [-0.1, -0.05) is 0 Å². The van der Waals surface area contributed by atoms with Crippen LogP contribution in [0.2, 0.25) is 0 Å². The van der Waals surface area contributed by atoms with Crippen LogP contribution in [0, 0.1) is 6.92 Å². The fraction of sp³-hybridized carbons (Fsp3) is 0.133. The number of rotatable bonds is 4. The Kier molecular flexibility index (Phi) is 4.50. The van der Waals surface area contributed by atoms with Gasteiger partial charge in [0, 0.05) is 16.9 Å². The number of benzene rings is 1. The van der Waals surface area contributed by atoms with Crippen molar-refractivity contribution < 1.29 is 9.59 Å². The molecule has 1 heterocycles. The van der Waals surface area contributed by atoms with Gasteiger partial charge in [0.15, 0.2) is 0 Å². The number of aromatic nitrogens is 1. The van der Waals surface area contributed by atoms with Crippen LogP contribution in [-0.4, -0.2) is 23.3 Å². The Bertz CT molecular complexity index is 636. The lowest BCUT2D eigenvalue weighted by molar-refractivity contribution is -0.115. The fourth-order valence-corrected chi connectivity index (χ4v) is 1.64. The molecule has 0 unspecified atom stereocenters. The van der Waals surface area contributed by atoms with Crippen LogP contribution in [0.4, 0.5) is 11.4 Å². The second-order valence-corrected chi connectivity index (χ2v) is 4.54. The summed E-state index contributed by atoms with van der Waals surface area (Å²) in [5, 5.41) is 5.19. The number of aryl methyl sites for hydroxylation is 1. The molecule has 21 heavy (non-hydrogen) atoms. The van der Waals surface area contributed by atoms with Gasteiger partial charge in [-0.15, -0.1) is 0 Å². The summed E-state index contributed by atoms with van der Waals surface area (Å²) in [7, 11) is 0. The molecule has 0 bridgehead atoms. The Morgan fingerprint density at radius 1 is 1.14 bits per heavy atom. The van der Waals surface area contributed by atoms with Crippen LogP contribution < -0.4 is 16.4 Å². The summed E-state index contributed by atoms with van der Waals surface area (Å²) in [5.41, 5.74) is 8.03. The molecule has 0 atom stereocenters. The zero-order valence-electron chi connectivity index (χ0n) is 11.6. The minimum atomic E-state index is -0.327. The largest absolute Gasteiger partial charge is 0.399 e. The maximum Gasteiger partial charge on any atom is 0.251 e. The Hall–Kier alpha value is -2.89. The number of carbonyl (C=O) groups is 2. The van der Waals surface area contributed by atoms with Crippen molar-refractivity contribution in [2.45, 2.75) is 6.92 Å². The molecule has 2 rings (SSSR count). The summed E-state index contributed by atoms with van der Waals surface area (Å²) >= 11 is 0. The van der Waals surface area contributed by atoms with Gasteiger partial charge in [0.05, 0.1) is 18.4 Å². The molecule has 6 heteroatoms. The number of nitrogens with two attached hydrogens (primary N) is 1. The molecular weight excluding hydrogens is 268 g/mol. The Labute approximate surface area is 122 Å². The third kappa shape index (κ3) is 4.31. The average Bonchev–Trinajstić information content (AvgIpc) is 2.48. The minimum absolute atomic E-state index is 0.114. The molecule has 1 aromatic carbocycles. The third-order valence-electron chi connectivity index (χ3n) is 2.78. The molecule has 0 saturated heterocycles. The number of carbonyl (C=O) groups excluding carboxylic acids is 2. The van der Waals surface area contributed by atoms with Gasteiger partial charge in [-0.05, 0) is 43.3 Å². The van der Waals surface area contributed by atoms with E-state index >= 15 is 0 Å². The van der Waals surface area contributed by atoms with E-state index in [1.54, 1.807) is 42.6 Å². The third-order valence-corrected chi connectivity index (χ3v) is 2.78. The van der Waals surface area contributed by atoms with E-state index in [4.69, 9.17) is 5.73 Å². The highest BCUT2D eigenvalue weighted by atomic mass is 16.2. The first-order chi connectivity index (χ1) is 10.0. The first-order valence-electron chi connectivity index (χ1n) is 6.41. The van der Waals surface area contributed by atoms with Crippen molar-refractivity contribution in [1.29, 1.82) is 0 Å². The first-order valence-corrected chi connectivity index (χ1v) is 6.41. The number of nitrogens with zero attached hydrogens (tertiary/aromatic N) is 1. The fourth-order valence-electron chi connectivity index (χ4n) is 1.64. The molecule has 0 fully saturated rings. The molecule has 0 saturated carbocycles. The van der Waals surface area contributed by atoms with Gasteiger partial charge in [-0.25, -0.2) is 0 Å². The summed E-state index contributed by atoms with van der Waals surface area (Å²) in [6, 6.07) is 10.0. The van der Waals surface area contributed by atoms with Crippen LogP contribution in [0.15, 0.2) is 42.6 Å². The second-order valence-electron chi connectivity index (χ2n) is 4.54. The van der Waals surface area contributed by atoms with Crippen molar-refractivity contribution >= 4 is 23.2 Å². The second kappa shape index (κ2) is 6.51. The van der Waals surface area contributed by atoms with Crippen molar-refractivity contribution in [1.82, 2.24) is 10.3 Å². The summed E-state index contributed by atoms with van der Waals surface area (Å²) in [6.07, 6.45) is 1.56. The highest BCUT2D eigenvalue weighted by molar-refractivity contribution is 5.99. The zero-order valence-corrected chi connectivity index (χ0v) is 11.6. The van der Waals surface area contributed by atoms with Gasteiger partial charge in [-0.3, -0.25) is 14.6 Å². The van der Waals surface area contributed by atoms with Crippen LogP contribution in [0.1, 0.15) is 16.1 Å². The summed E-state index contributed by atoms with van der Waals surface area (Å²) in [5.74, 6) is -0.642. The number of anilines is 2. The Morgan fingerprint density at radius 2 is 1.86 bits per heavy atom. The van der Waals surface area contributed by atoms with E-state index in [2.05, 4.69) is 15.6 Å². The number of hydrogen-bond donors (Lipinski definition) is 3.